The smallest absolute Gasteiger partial charge is 0.246 e. The van der Waals surface area contributed by atoms with Gasteiger partial charge in [0.15, 0.2) is 0 Å². The molecule has 3 rings (SSSR count). The highest BCUT2D eigenvalue weighted by molar-refractivity contribution is 7.89. The first-order valence-electron chi connectivity index (χ1n) is 8.77. The molecule has 1 amide bonds. The molecule has 0 N–H and O–H groups in total. The minimum absolute atomic E-state index is 0.0127. The van der Waals surface area contributed by atoms with E-state index in [9.17, 15) is 13.2 Å². The highest BCUT2D eigenvalue weighted by Gasteiger charge is 2.31. The van der Waals surface area contributed by atoms with Gasteiger partial charge in [0.2, 0.25) is 15.9 Å². The maximum atomic E-state index is 12.9. The lowest BCUT2D eigenvalue weighted by Crippen LogP contribution is -2.50. The van der Waals surface area contributed by atoms with E-state index in [0.29, 0.717) is 13.1 Å². The lowest BCUT2D eigenvalue weighted by atomic mass is 10.1. The van der Waals surface area contributed by atoms with E-state index in [4.69, 9.17) is 23.2 Å². The van der Waals surface area contributed by atoms with Gasteiger partial charge in [0.1, 0.15) is 4.90 Å². The largest absolute Gasteiger partial charge is 0.337 e. The fraction of sp³-hybridized carbons (Fsp3) is 0.250. The summed E-state index contributed by atoms with van der Waals surface area (Å²) in [5, 5.41) is 0.210. The number of carbonyl (C=O) groups is 1. The lowest BCUT2D eigenvalue weighted by molar-refractivity contribution is -0.127. The van der Waals surface area contributed by atoms with Crippen molar-refractivity contribution in [3.05, 3.63) is 70.2 Å². The van der Waals surface area contributed by atoms with Crippen molar-refractivity contribution in [2.24, 2.45) is 0 Å². The number of allylic oxidation sites excluding steroid dienone is 1. The molecule has 2 aromatic rings. The summed E-state index contributed by atoms with van der Waals surface area (Å²) < 4.78 is 27.1. The first-order valence-corrected chi connectivity index (χ1v) is 11.0. The van der Waals surface area contributed by atoms with Crippen LogP contribution in [0.3, 0.4) is 0 Å². The molecule has 2 aromatic carbocycles. The minimum Gasteiger partial charge on any atom is -0.337 e. The van der Waals surface area contributed by atoms with Crippen LogP contribution in [0.2, 0.25) is 10.0 Å². The predicted molar refractivity (Wildman–Crippen MR) is 112 cm³/mol. The molecule has 0 bridgehead atoms. The molecule has 28 heavy (non-hydrogen) atoms. The van der Waals surface area contributed by atoms with Gasteiger partial charge in [-0.25, -0.2) is 8.42 Å². The Balaban J connectivity index is 1.69. The third-order valence-electron chi connectivity index (χ3n) is 4.65. The average molecular weight is 439 g/mol. The van der Waals surface area contributed by atoms with Crippen LogP contribution in [0.5, 0.6) is 0 Å². The monoisotopic (exact) mass is 438 g/mol. The molecule has 0 radical (unpaired) electrons. The number of carbonyl (C=O) groups excluding carboxylic acids is 1. The molecule has 1 fully saturated rings. The van der Waals surface area contributed by atoms with Crippen molar-refractivity contribution in [1.29, 1.82) is 0 Å². The van der Waals surface area contributed by atoms with Crippen LogP contribution in [0.1, 0.15) is 12.5 Å². The van der Waals surface area contributed by atoms with Gasteiger partial charge in [0.25, 0.3) is 0 Å². The van der Waals surface area contributed by atoms with Gasteiger partial charge in [0, 0.05) is 32.3 Å². The Hall–Kier alpha value is -1.86. The van der Waals surface area contributed by atoms with E-state index in [0.717, 1.165) is 11.1 Å². The van der Waals surface area contributed by atoms with Crippen molar-refractivity contribution in [2.45, 2.75) is 11.8 Å². The van der Waals surface area contributed by atoms with E-state index >= 15 is 0 Å². The first kappa shape index (κ1) is 20.9. The summed E-state index contributed by atoms with van der Waals surface area (Å²) >= 11 is 12.0. The van der Waals surface area contributed by atoms with Crippen molar-refractivity contribution >= 4 is 44.7 Å². The summed E-state index contributed by atoms with van der Waals surface area (Å²) in [5.41, 5.74) is 1.85. The third kappa shape index (κ3) is 4.41. The van der Waals surface area contributed by atoms with E-state index in [2.05, 4.69) is 0 Å². The second kappa shape index (κ2) is 8.66. The fourth-order valence-corrected chi connectivity index (χ4v) is 5.19. The van der Waals surface area contributed by atoms with Crippen molar-refractivity contribution in [2.75, 3.05) is 26.2 Å². The van der Waals surface area contributed by atoms with Crippen LogP contribution in [0, 0.1) is 0 Å². The molecule has 0 aromatic heterocycles. The summed E-state index contributed by atoms with van der Waals surface area (Å²) in [7, 11) is -3.77. The number of halogens is 2. The number of nitrogens with zero attached hydrogens (tertiary/aromatic N) is 2. The average Bonchev–Trinajstić information content (AvgIpc) is 2.70. The Bertz CT molecular complexity index is 999. The van der Waals surface area contributed by atoms with Crippen molar-refractivity contribution in [3.63, 3.8) is 0 Å². The molecule has 1 aliphatic rings. The van der Waals surface area contributed by atoms with Crippen LogP contribution >= 0.6 is 23.2 Å². The summed E-state index contributed by atoms with van der Waals surface area (Å²) in [4.78, 5) is 14.2. The number of amides is 1. The number of hydrogen-bond donors (Lipinski definition) is 0. The summed E-state index contributed by atoms with van der Waals surface area (Å²) in [6, 6.07) is 14.2. The topological polar surface area (TPSA) is 57.7 Å². The summed E-state index contributed by atoms with van der Waals surface area (Å²) in [6.45, 7) is 2.92. The minimum atomic E-state index is -3.77. The van der Waals surface area contributed by atoms with Gasteiger partial charge >= 0.3 is 0 Å². The predicted octanol–water partition coefficient (Wildman–Crippen LogP) is 3.93. The van der Waals surface area contributed by atoms with Gasteiger partial charge in [-0.2, -0.15) is 4.31 Å². The molecular formula is C20H20Cl2N2O3S. The molecular weight excluding hydrogens is 419 g/mol. The van der Waals surface area contributed by atoms with E-state index in [1.165, 1.54) is 10.4 Å². The zero-order valence-corrected chi connectivity index (χ0v) is 17.6. The van der Waals surface area contributed by atoms with Gasteiger partial charge in [0.05, 0.1) is 10.0 Å². The van der Waals surface area contributed by atoms with Crippen LogP contribution < -0.4 is 0 Å². The lowest BCUT2D eigenvalue weighted by Gasteiger charge is -2.33. The van der Waals surface area contributed by atoms with E-state index in [1.54, 1.807) is 23.1 Å². The molecule has 0 atom stereocenters. The molecule has 0 unspecified atom stereocenters. The Morgan fingerprint density at radius 2 is 1.61 bits per heavy atom. The molecule has 1 aliphatic heterocycles. The van der Waals surface area contributed by atoms with Gasteiger partial charge in [-0.15, -0.1) is 0 Å². The number of piperazine rings is 1. The molecule has 8 heteroatoms. The van der Waals surface area contributed by atoms with Gasteiger partial charge in [-0.1, -0.05) is 59.6 Å². The van der Waals surface area contributed by atoms with Crippen LogP contribution in [0.25, 0.3) is 5.57 Å². The zero-order valence-electron chi connectivity index (χ0n) is 15.3. The molecule has 0 spiro atoms. The molecule has 0 saturated carbocycles. The first-order chi connectivity index (χ1) is 13.3. The van der Waals surface area contributed by atoms with E-state index in [1.807, 2.05) is 37.3 Å². The Kier molecular flexibility index (Phi) is 6.45. The van der Waals surface area contributed by atoms with Crippen LogP contribution in [-0.2, 0) is 14.8 Å². The Morgan fingerprint density at radius 1 is 0.964 bits per heavy atom. The molecule has 1 saturated heterocycles. The number of sulfonamides is 1. The zero-order chi connectivity index (χ0) is 20.3. The van der Waals surface area contributed by atoms with Crippen molar-refractivity contribution < 1.29 is 13.2 Å². The Labute approximate surface area is 175 Å². The number of hydrogen-bond acceptors (Lipinski definition) is 3. The van der Waals surface area contributed by atoms with Crippen molar-refractivity contribution in [1.82, 2.24) is 9.21 Å². The van der Waals surface area contributed by atoms with E-state index < -0.39 is 10.0 Å². The molecule has 0 aliphatic carbocycles. The van der Waals surface area contributed by atoms with Crippen molar-refractivity contribution in [3.8, 4) is 0 Å². The number of rotatable bonds is 4. The van der Waals surface area contributed by atoms with Gasteiger partial charge in [-0.05, 0) is 30.2 Å². The van der Waals surface area contributed by atoms with E-state index in [-0.39, 0.29) is 33.9 Å². The van der Waals surface area contributed by atoms with Crippen LogP contribution in [-0.4, -0.2) is 49.7 Å². The highest BCUT2D eigenvalue weighted by atomic mass is 35.5. The Morgan fingerprint density at radius 3 is 2.25 bits per heavy atom. The second-order valence-electron chi connectivity index (χ2n) is 6.47. The highest BCUT2D eigenvalue weighted by Crippen LogP contribution is 2.31. The van der Waals surface area contributed by atoms with Gasteiger partial charge < -0.3 is 4.90 Å². The van der Waals surface area contributed by atoms with Gasteiger partial charge in [-0.3, -0.25) is 4.79 Å². The summed E-state index contributed by atoms with van der Waals surface area (Å²) in [5.74, 6) is -0.126. The molecule has 5 nitrogen and oxygen atoms in total. The second-order valence-corrected chi connectivity index (χ2v) is 9.17. The number of benzene rings is 2. The maximum absolute atomic E-state index is 12.9. The molecule has 148 valence electrons. The third-order valence-corrected chi connectivity index (χ3v) is 7.53. The standard InChI is InChI=1S/C20H20Cl2N2O3S/c1-15(16-6-3-2-4-7-16)14-19(25)23-10-12-24(13-11-23)28(26,27)18-9-5-8-17(21)20(18)22/h2-9,14H,10-13H2,1H3/b15-14-. The maximum Gasteiger partial charge on any atom is 0.246 e. The van der Waals surface area contributed by atoms with Crippen LogP contribution in [0.15, 0.2) is 59.5 Å². The SMILES string of the molecule is C/C(=C/C(=O)N1CCN(S(=O)(=O)c2cccc(Cl)c2Cl)CC1)c1ccccc1. The quantitative estimate of drug-likeness (QED) is 0.679. The van der Waals surface area contributed by atoms with Crippen LogP contribution in [0.4, 0.5) is 0 Å². The summed E-state index contributed by atoms with van der Waals surface area (Å²) in [6.07, 6.45) is 1.59. The normalized spacial score (nSPS) is 16.2. The molecule has 1 heterocycles. The fourth-order valence-electron chi connectivity index (χ4n) is 3.03.